The molecule has 2 N–H and O–H groups in total. The van der Waals surface area contributed by atoms with Crippen molar-refractivity contribution in [2.45, 2.75) is 50.5 Å². The van der Waals surface area contributed by atoms with Crippen molar-refractivity contribution in [2.75, 3.05) is 0 Å². The average molecular weight is 421 g/mol. The Bertz CT molecular complexity index is 1070. The first-order valence-corrected chi connectivity index (χ1v) is 10.5. The Morgan fingerprint density at radius 2 is 1.94 bits per heavy atom. The van der Waals surface area contributed by atoms with Crippen molar-refractivity contribution in [3.8, 4) is 11.1 Å². The summed E-state index contributed by atoms with van der Waals surface area (Å²) < 4.78 is 13.6. The number of rotatable bonds is 8. The zero-order valence-electron chi connectivity index (χ0n) is 17.1. The van der Waals surface area contributed by atoms with E-state index in [-0.39, 0.29) is 18.0 Å². The van der Waals surface area contributed by atoms with Crippen molar-refractivity contribution in [3.05, 3.63) is 64.7 Å². The first-order valence-electron chi connectivity index (χ1n) is 10.5. The highest BCUT2D eigenvalue weighted by atomic mass is 19.1. The van der Waals surface area contributed by atoms with Crippen molar-refractivity contribution in [1.29, 1.82) is 0 Å². The molecule has 2 aliphatic rings. The Labute approximate surface area is 180 Å². The van der Waals surface area contributed by atoms with Crippen LogP contribution >= 0.6 is 0 Å². The number of carboxylic acid groups (broad SMARTS) is 1. The number of aliphatic hydroxyl groups is 1. The first-order chi connectivity index (χ1) is 14.9. The summed E-state index contributed by atoms with van der Waals surface area (Å²) >= 11 is 0. The number of carbonyl (C=O) groups excluding carboxylic acids is 1. The maximum absolute atomic E-state index is 13.6. The molecule has 0 saturated heterocycles. The van der Waals surface area contributed by atoms with Gasteiger partial charge in [-0.15, -0.1) is 0 Å². The summed E-state index contributed by atoms with van der Waals surface area (Å²) in [5.41, 5.74) is 5.57. The number of aromatic nitrogens is 1. The monoisotopic (exact) mass is 421 g/mol. The van der Waals surface area contributed by atoms with Gasteiger partial charge in [-0.25, -0.2) is 4.39 Å². The quantitative estimate of drug-likeness (QED) is 0.612. The molecule has 2 aliphatic carbocycles. The van der Waals surface area contributed by atoms with Gasteiger partial charge in [0.2, 0.25) is 0 Å². The molecule has 0 bridgehead atoms. The van der Waals surface area contributed by atoms with Gasteiger partial charge in [0.25, 0.3) is 0 Å². The minimum absolute atomic E-state index is 0.258. The number of allylic oxidation sites excluding steroid dienone is 2. The second kappa shape index (κ2) is 8.94. The number of pyridine rings is 1. The van der Waals surface area contributed by atoms with E-state index in [9.17, 15) is 19.1 Å². The van der Waals surface area contributed by atoms with Crippen LogP contribution in [0.25, 0.3) is 23.3 Å². The normalized spacial score (nSPS) is 16.3. The number of nitrogens with zero attached hydrogens (tertiary/aromatic N) is 1. The second-order valence-electron chi connectivity index (χ2n) is 8.12. The molecule has 4 rings (SSSR count). The molecule has 1 aromatic heterocycles. The lowest BCUT2D eigenvalue weighted by atomic mass is 9.87. The van der Waals surface area contributed by atoms with Gasteiger partial charge < -0.3 is 10.2 Å². The molecule has 5 nitrogen and oxygen atoms in total. The molecular formula is C25H24FNO4. The summed E-state index contributed by atoms with van der Waals surface area (Å²) in [5.74, 6) is -1.48. The number of ketones is 1. The fourth-order valence-electron chi connectivity index (χ4n) is 3.99. The Kier molecular flexibility index (Phi) is 6.09. The van der Waals surface area contributed by atoms with Gasteiger partial charge in [0.15, 0.2) is 5.78 Å². The summed E-state index contributed by atoms with van der Waals surface area (Å²) in [6.45, 7) is 0. The van der Waals surface area contributed by atoms with E-state index in [1.54, 1.807) is 18.2 Å². The van der Waals surface area contributed by atoms with Gasteiger partial charge >= 0.3 is 5.97 Å². The molecular weight excluding hydrogens is 397 g/mol. The van der Waals surface area contributed by atoms with Crippen molar-refractivity contribution in [3.63, 3.8) is 0 Å². The van der Waals surface area contributed by atoms with E-state index in [1.165, 1.54) is 18.2 Å². The highest BCUT2D eigenvalue weighted by Gasteiger charge is 2.31. The molecule has 1 unspecified atom stereocenters. The SMILES string of the molecule is O=C(O)CC(O)CC(=O)/C=C/c1c(C2CC2)nc2c(c1-c1ccc(F)cc1)C=CCC2. The molecule has 31 heavy (non-hydrogen) atoms. The number of aliphatic carboxylic acids is 1. The molecule has 1 saturated carbocycles. The van der Waals surface area contributed by atoms with Crippen LogP contribution < -0.4 is 0 Å². The van der Waals surface area contributed by atoms with Gasteiger partial charge in [0, 0.05) is 29.2 Å². The summed E-state index contributed by atoms with van der Waals surface area (Å²) in [5, 5.41) is 18.5. The Morgan fingerprint density at radius 1 is 1.19 bits per heavy atom. The maximum Gasteiger partial charge on any atom is 0.305 e. The van der Waals surface area contributed by atoms with Crippen molar-refractivity contribution in [2.24, 2.45) is 0 Å². The summed E-state index contributed by atoms with van der Waals surface area (Å²) in [4.78, 5) is 28.0. The van der Waals surface area contributed by atoms with Crippen molar-refractivity contribution >= 4 is 23.9 Å². The van der Waals surface area contributed by atoms with Gasteiger partial charge in [0.05, 0.1) is 18.2 Å². The molecule has 1 fully saturated rings. The topological polar surface area (TPSA) is 87.5 Å². The fourth-order valence-corrected chi connectivity index (χ4v) is 3.99. The molecule has 1 atom stereocenters. The predicted octanol–water partition coefficient (Wildman–Crippen LogP) is 4.53. The molecule has 1 heterocycles. The Balaban J connectivity index is 1.77. The van der Waals surface area contributed by atoms with E-state index in [0.717, 1.165) is 59.3 Å². The number of aryl methyl sites for hydroxylation is 1. The molecule has 0 amide bonds. The lowest BCUT2D eigenvalue weighted by molar-refractivity contribution is -0.139. The van der Waals surface area contributed by atoms with Crippen LogP contribution in [0, 0.1) is 5.82 Å². The molecule has 1 aromatic carbocycles. The molecule has 2 aromatic rings. The lowest BCUT2D eigenvalue weighted by Crippen LogP contribution is -2.16. The number of halogens is 1. The molecule has 0 aliphatic heterocycles. The van der Waals surface area contributed by atoms with Crippen LogP contribution in [-0.4, -0.2) is 33.1 Å². The van der Waals surface area contributed by atoms with Gasteiger partial charge in [-0.2, -0.15) is 0 Å². The van der Waals surface area contributed by atoms with Crippen LogP contribution in [0.2, 0.25) is 0 Å². The predicted molar refractivity (Wildman–Crippen MR) is 116 cm³/mol. The minimum atomic E-state index is -1.22. The first kappa shape index (κ1) is 21.1. The second-order valence-corrected chi connectivity index (χ2v) is 8.12. The van der Waals surface area contributed by atoms with E-state index in [0.29, 0.717) is 5.92 Å². The highest BCUT2D eigenvalue weighted by Crippen LogP contribution is 2.45. The highest BCUT2D eigenvalue weighted by molar-refractivity contribution is 5.96. The number of carboxylic acids is 1. The maximum atomic E-state index is 13.6. The van der Waals surface area contributed by atoms with Crippen LogP contribution in [0.5, 0.6) is 0 Å². The van der Waals surface area contributed by atoms with Crippen molar-refractivity contribution in [1.82, 2.24) is 4.98 Å². The largest absolute Gasteiger partial charge is 0.481 e. The van der Waals surface area contributed by atoms with E-state index in [4.69, 9.17) is 10.1 Å². The van der Waals surface area contributed by atoms with Crippen LogP contribution in [-0.2, 0) is 16.0 Å². The standard InChI is InChI=1S/C25H24FNO4/c26-17-9-7-15(8-10-17)24-20-3-1-2-4-22(20)27-25(16-5-6-16)21(24)12-11-18(28)13-19(29)14-23(30)31/h1,3,7-12,16,19,29H,2,4-6,13-14H2,(H,30,31)/b12-11+. The van der Waals surface area contributed by atoms with E-state index >= 15 is 0 Å². The van der Waals surface area contributed by atoms with Crippen molar-refractivity contribution < 1.29 is 24.2 Å². The minimum Gasteiger partial charge on any atom is -0.481 e. The zero-order chi connectivity index (χ0) is 22.0. The third-order valence-electron chi connectivity index (χ3n) is 5.59. The van der Waals surface area contributed by atoms with Gasteiger partial charge in [0.1, 0.15) is 5.82 Å². The van der Waals surface area contributed by atoms with E-state index in [2.05, 4.69) is 6.08 Å². The summed E-state index contributed by atoms with van der Waals surface area (Å²) in [7, 11) is 0. The Morgan fingerprint density at radius 3 is 2.61 bits per heavy atom. The summed E-state index contributed by atoms with van der Waals surface area (Å²) in [6, 6.07) is 6.32. The van der Waals surface area contributed by atoms with Crippen LogP contribution in [0.1, 0.15) is 60.5 Å². The third-order valence-corrected chi connectivity index (χ3v) is 5.59. The number of hydrogen-bond donors (Lipinski definition) is 2. The molecule has 6 heteroatoms. The van der Waals surface area contributed by atoms with Crippen LogP contribution in [0.15, 0.2) is 36.4 Å². The fraction of sp³-hybridized carbons (Fsp3) is 0.320. The van der Waals surface area contributed by atoms with Gasteiger partial charge in [-0.1, -0.05) is 24.3 Å². The average Bonchev–Trinajstić information content (AvgIpc) is 3.56. The molecule has 160 valence electrons. The van der Waals surface area contributed by atoms with Gasteiger partial charge in [-0.3, -0.25) is 14.6 Å². The lowest BCUT2D eigenvalue weighted by Gasteiger charge is -2.20. The Hall–Kier alpha value is -3.12. The van der Waals surface area contributed by atoms with E-state index < -0.39 is 18.5 Å². The number of benzene rings is 1. The number of hydrogen-bond acceptors (Lipinski definition) is 4. The third kappa shape index (κ3) is 4.97. The van der Waals surface area contributed by atoms with Gasteiger partial charge in [-0.05, 0) is 61.1 Å². The van der Waals surface area contributed by atoms with Crippen LogP contribution in [0.3, 0.4) is 0 Å². The number of aliphatic hydroxyl groups excluding tert-OH is 1. The summed E-state index contributed by atoms with van der Waals surface area (Å²) in [6.07, 6.45) is 9.12. The number of fused-ring (bicyclic) bond motifs is 1. The number of carbonyl (C=O) groups is 2. The zero-order valence-corrected chi connectivity index (χ0v) is 17.1. The van der Waals surface area contributed by atoms with Crippen LogP contribution in [0.4, 0.5) is 4.39 Å². The smallest absolute Gasteiger partial charge is 0.305 e. The molecule has 0 spiro atoms. The van der Waals surface area contributed by atoms with E-state index in [1.807, 2.05) is 6.08 Å². The molecule has 0 radical (unpaired) electrons.